The summed E-state index contributed by atoms with van der Waals surface area (Å²) < 4.78 is 18.8. The third-order valence-electron chi connectivity index (χ3n) is 2.96. The molecule has 0 heterocycles. The van der Waals surface area contributed by atoms with E-state index in [4.69, 9.17) is 15.7 Å². The zero-order valence-corrected chi connectivity index (χ0v) is 14.7. The lowest BCUT2D eigenvalue weighted by molar-refractivity contribution is 0.417. The zero-order valence-electron chi connectivity index (χ0n) is 12.4. The summed E-state index contributed by atoms with van der Waals surface area (Å²) in [6.45, 7) is 0.0370. The highest BCUT2D eigenvalue weighted by Gasteiger charge is 2.05. The molecule has 23 heavy (non-hydrogen) atoms. The lowest BCUT2D eigenvalue weighted by Crippen LogP contribution is -2.23. The van der Waals surface area contributed by atoms with E-state index in [-0.39, 0.29) is 36.5 Å². The molecule has 0 aliphatic carbocycles. The predicted octanol–water partition coefficient (Wildman–Crippen LogP) is 3.25. The minimum absolute atomic E-state index is 0. The van der Waals surface area contributed by atoms with Crippen LogP contribution < -0.4 is 15.8 Å². The van der Waals surface area contributed by atoms with Gasteiger partial charge in [0, 0.05) is 5.56 Å². The Morgan fingerprint density at radius 2 is 2.09 bits per heavy atom. The van der Waals surface area contributed by atoms with Crippen molar-refractivity contribution in [2.45, 2.75) is 6.54 Å². The Morgan fingerprint density at radius 3 is 2.78 bits per heavy atom. The van der Waals surface area contributed by atoms with Crippen molar-refractivity contribution in [1.82, 2.24) is 0 Å². The van der Waals surface area contributed by atoms with Gasteiger partial charge in [-0.25, -0.2) is 9.38 Å². The number of nitrogens with one attached hydrogen (secondary N) is 1. The van der Waals surface area contributed by atoms with Crippen molar-refractivity contribution in [2.75, 3.05) is 12.4 Å². The van der Waals surface area contributed by atoms with Gasteiger partial charge in [0.05, 0.1) is 31.0 Å². The summed E-state index contributed by atoms with van der Waals surface area (Å²) in [6, 6.07) is 13.3. The maximum absolute atomic E-state index is 13.6. The number of methoxy groups -OCH3 is 1. The fourth-order valence-electron chi connectivity index (χ4n) is 1.86. The summed E-state index contributed by atoms with van der Waals surface area (Å²) in [5.41, 5.74) is 7.14. The molecule has 0 radical (unpaired) electrons. The number of halogens is 2. The Balaban J connectivity index is 0.00000264. The SMILES string of the molecule is COc1ccccc1NC(N)=NCc1cc(C#N)ccc1F.I. The first kappa shape index (κ1) is 18.7. The van der Waals surface area contributed by atoms with Crippen molar-refractivity contribution in [3.8, 4) is 11.8 Å². The second-order valence-corrected chi connectivity index (χ2v) is 4.44. The Morgan fingerprint density at radius 1 is 1.35 bits per heavy atom. The van der Waals surface area contributed by atoms with Gasteiger partial charge in [-0.15, -0.1) is 24.0 Å². The first-order valence-electron chi connectivity index (χ1n) is 6.52. The van der Waals surface area contributed by atoms with Gasteiger partial charge in [-0.05, 0) is 30.3 Å². The number of aliphatic imine (C=N–C) groups is 1. The summed E-state index contributed by atoms with van der Waals surface area (Å²) in [5, 5.41) is 11.7. The summed E-state index contributed by atoms with van der Waals surface area (Å²) in [4.78, 5) is 4.08. The Hall–Kier alpha value is -2.34. The molecule has 0 aliphatic heterocycles. The first-order valence-corrected chi connectivity index (χ1v) is 6.52. The lowest BCUT2D eigenvalue weighted by atomic mass is 10.1. The van der Waals surface area contributed by atoms with Crippen LogP contribution in [0.1, 0.15) is 11.1 Å². The molecular formula is C16H16FIN4O. The molecule has 0 saturated carbocycles. The molecule has 2 rings (SSSR count). The molecule has 0 atom stereocenters. The molecule has 0 aromatic heterocycles. The summed E-state index contributed by atoms with van der Waals surface area (Å²) in [6.07, 6.45) is 0. The normalized spacial score (nSPS) is 10.4. The van der Waals surface area contributed by atoms with Crippen LogP contribution in [0, 0.1) is 17.1 Å². The smallest absolute Gasteiger partial charge is 0.193 e. The average molecular weight is 426 g/mol. The highest BCUT2D eigenvalue weighted by molar-refractivity contribution is 14.0. The number of nitrogens with zero attached hydrogens (tertiary/aromatic N) is 2. The van der Waals surface area contributed by atoms with Crippen LogP contribution >= 0.6 is 24.0 Å². The molecule has 3 N–H and O–H groups in total. The van der Waals surface area contributed by atoms with E-state index < -0.39 is 5.82 Å². The van der Waals surface area contributed by atoms with Gasteiger partial charge in [-0.3, -0.25) is 0 Å². The van der Waals surface area contributed by atoms with Gasteiger partial charge in [0.25, 0.3) is 0 Å². The van der Waals surface area contributed by atoms with Crippen molar-refractivity contribution in [1.29, 1.82) is 5.26 Å². The zero-order chi connectivity index (χ0) is 15.9. The average Bonchev–Trinajstić information content (AvgIpc) is 2.54. The molecule has 0 unspecified atom stereocenters. The van der Waals surface area contributed by atoms with Crippen LogP contribution in [-0.2, 0) is 6.54 Å². The quantitative estimate of drug-likeness (QED) is 0.447. The standard InChI is InChI=1S/C16H15FN4O.HI/c1-22-15-5-3-2-4-14(15)21-16(19)20-10-12-8-11(9-18)6-7-13(12)17;/h2-8H,10H2,1H3,(H3,19,20,21);1H. The topological polar surface area (TPSA) is 83.4 Å². The van der Waals surface area contributed by atoms with Crippen molar-refractivity contribution in [3.63, 3.8) is 0 Å². The molecule has 0 fully saturated rings. The number of benzene rings is 2. The van der Waals surface area contributed by atoms with E-state index in [1.54, 1.807) is 19.2 Å². The van der Waals surface area contributed by atoms with Gasteiger partial charge >= 0.3 is 0 Å². The molecule has 0 bridgehead atoms. The van der Waals surface area contributed by atoms with Gasteiger partial charge in [-0.2, -0.15) is 5.26 Å². The monoisotopic (exact) mass is 426 g/mol. The van der Waals surface area contributed by atoms with Crippen LogP contribution in [0.2, 0.25) is 0 Å². The van der Waals surface area contributed by atoms with Gasteiger partial charge in [0.15, 0.2) is 5.96 Å². The maximum Gasteiger partial charge on any atom is 0.193 e. The summed E-state index contributed by atoms with van der Waals surface area (Å²) in [7, 11) is 1.55. The third-order valence-corrected chi connectivity index (χ3v) is 2.96. The third kappa shape index (κ3) is 5.10. The van der Waals surface area contributed by atoms with Crippen molar-refractivity contribution in [3.05, 3.63) is 59.4 Å². The first-order chi connectivity index (χ1) is 10.6. The summed E-state index contributed by atoms with van der Waals surface area (Å²) in [5.74, 6) is 0.331. The Bertz CT molecular complexity index is 743. The maximum atomic E-state index is 13.6. The number of guanidine groups is 1. The predicted molar refractivity (Wildman–Crippen MR) is 98.5 cm³/mol. The van der Waals surface area contributed by atoms with E-state index in [0.717, 1.165) is 0 Å². The highest BCUT2D eigenvalue weighted by atomic mass is 127. The van der Waals surface area contributed by atoms with Crippen LogP contribution in [0.3, 0.4) is 0 Å². The molecule has 7 heteroatoms. The minimum Gasteiger partial charge on any atom is -0.495 e. The van der Waals surface area contributed by atoms with Gasteiger partial charge in [0.2, 0.25) is 0 Å². The molecule has 0 saturated heterocycles. The van der Waals surface area contributed by atoms with Crippen molar-refractivity contribution >= 4 is 35.6 Å². The van der Waals surface area contributed by atoms with Crippen molar-refractivity contribution in [2.24, 2.45) is 10.7 Å². The number of anilines is 1. The van der Waals surface area contributed by atoms with Crippen LogP contribution in [0.4, 0.5) is 10.1 Å². The number of nitriles is 1. The second-order valence-electron chi connectivity index (χ2n) is 4.44. The summed E-state index contributed by atoms with van der Waals surface area (Å²) >= 11 is 0. The number of para-hydroxylation sites is 2. The number of hydrogen-bond donors (Lipinski definition) is 2. The van der Waals surface area contributed by atoms with Gasteiger partial charge < -0.3 is 15.8 Å². The minimum atomic E-state index is -0.423. The molecule has 2 aromatic rings. The van der Waals surface area contributed by atoms with Gasteiger partial charge in [-0.1, -0.05) is 12.1 Å². The fraction of sp³-hybridized carbons (Fsp3) is 0.125. The van der Waals surface area contributed by atoms with Crippen LogP contribution in [0.15, 0.2) is 47.5 Å². The lowest BCUT2D eigenvalue weighted by Gasteiger charge is -2.10. The molecule has 0 aliphatic rings. The number of rotatable bonds is 4. The molecule has 0 amide bonds. The number of nitrogens with two attached hydrogens (primary N) is 1. The molecule has 0 spiro atoms. The number of ether oxygens (including phenoxy) is 1. The Kier molecular flexibility index (Phi) is 7.28. The van der Waals surface area contributed by atoms with E-state index >= 15 is 0 Å². The van der Waals surface area contributed by atoms with E-state index in [1.807, 2.05) is 18.2 Å². The highest BCUT2D eigenvalue weighted by Crippen LogP contribution is 2.22. The Labute approximate surface area is 151 Å². The molecule has 2 aromatic carbocycles. The van der Waals surface area contributed by atoms with E-state index in [0.29, 0.717) is 22.6 Å². The fourth-order valence-corrected chi connectivity index (χ4v) is 1.86. The van der Waals surface area contributed by atoms with Gasteiger partial charge in [0.1, 0.15) is 11.6 Å². The van der Waals surface area contributed by atoms with E-state index in [2.05, 4.69) is 10.3 Å². The number of hydrogen-bond acceptors (Lipinski definition) is 3. The molecule has 120 valence electrons. The molecular weight excluding hydrogens is 410 g/mol. The molecule has 5 nitrogen and oxygen atoms in total. The largest absolute Gasteiger partial charge is 0.495 e. The van der Waals surface area contributed by atoms with Crippen molar-refractivity contribution < 1.29 is 9.13 Å². The second kappa shape index (κ2) is 8.95. The van der Waals surface area contributed by atoms with Crippen LogP contribution in [0.5, 0.6) is 5.75 Å². The van der Waals surface area contributed by atoms with Crippen LogP contribution in [-0.4, -0.2) is 13.1 Å². The van der Waals surface area contributed by atoms with Crippen LogP contribution in [0.25, 0.3) is 0 Å². The van der Waals surface area contributed by atoms with E-state index in [9.17, 15) is 4.39 Å². The van der Waals surface area contributed by atoms with E-state index in [1.165, 1.54) is 18.2 Å².